The summed E-state index contributed by atoms with van der Waals surface area (Å²) in [5.41, 5.74) is 6.37. The molecule has 0 atom stereocenters. The predicted octanol–water partition coefficient (Wildman–Crippen LogP) is 3.49. The molecule has 2 rings (SSSR count). The molecule has 0 amide bonds. The second kappa shape index (κ2) is 6.80. The number of nitrogens with two attached hydrogens (primary N) is 1. The number of hydrogen-bond donors (Lipinski definition) is 1. The number of rotatable bonds is 6. The van der Waals surface area contributed by atoms with E-state index in [1.54, 1.807) is 11.3 Å². The molecular weight excluding hydrogens is 280 g/mol. The summed E-state index contributed by atoms with van der Waals surface area (Å²) in [6.45, 7) is 2.40. The van der Waals surface area contributed by atoms with Gasteiger partial charge in [-0.25, -0.2) is 0 Å². The summed E-state index contributed by atoms with van der Waals surface area (Å²) in [5.74, 6) is 0.849. The third kappa shape index (κ3) is 4.74. The molecule has 5 heteroatoms. The molecule has 1 aromatic heterocycles. The number of nitrogens with zero attached hydrogens (tertiary/aromatic N) is 1. The molecule has 0 aliphatic heterocycles. The van der Waals surface area contributed by atoms with E-state index in [-0.39, 0.29) is 0 Å². The fourth-order valence-electron chi connectivity index (χ4n) is 1.67. The Morgan fingerprint density at radius 2 is 1.95 bits per heavy atom. The molecule has 0 unspecified atom stereocenters. The van der Waals surface area contributed by atoms with Gasteiger partial charge in [0, 0.05) is 23.7 Å². The first kappa shape index (κ1) is 14.2. The molecule has 0 bridgehead atoms. The molecule has 0 spiro atoms. The zero-order chi connectivity index (χ0) is 13.7. The van der Waals surface area contributed by atoms with Crippen LogP contribution in [0.4, 0.5) is 5.69 Å². The van der Waals surface area contributed by atoms with Crippen LogP contribution in [0, 0.1) is 0 Å². The fourth-order valence-corrected chi connectivity index (χ4v) is 2.83. The van der Waals surface area contributed by atoms with Gasteiger partial charge in [-0.2, -0.15) is 0 Å². The van der Waals surface area contributed by atoms with Crippen LogP contribution in [0.1, 0.15) is 4.88 Å². The lowest BCUT2D eigenvalue weighted by Crippen LogP contribution is -2.23. The minimum absolute atomic E-state index is 0.652. The summed E-state index contributed by atoms with van der Waals surface area (Å²) in [5, 5.41) is 0. The number of ether oxygens (including phenoxy) is 1. The van der Waals surface area contributed by atoms with Crippen molar-refractivity contribution in [2.45, 2.75) is 6.54 Å². The van der Waals surface area contributed by atoms with Gasteiger partial charge >= 0.3 is 0 Å². The van der Waals surface area contributed by atoms with Crippen molar-refractivity contribution in [3.8, 4) is 5.75 Å². The Bertz CT molecular complexity index is 512. The summed E-state index contributed by atoms with van der Waals surface area (Å²) in [7, 11) is 2.07. The SMILES string of the molecule is CN(CCOc1ccc(N)cc1)Cc1ccc(Cl)s1. The number of thiophene rings is 1. The number of benzene rings is 1. The molecule has 2 N–H and O–H groups in total. The zero-order valence-corrected chi connectivity index (χ0v) is 12.4. The van der Waals surface area contributed by atoms with E-state index < -0.39 is 0 Å². The van der Waals surface area contributed by atoms with Crippen LogP contribution in [0.5, 0.6) is 5.75 Å². The van der Waals surface area contributed by atoms with Crippen molar-refractivity contribution in [1.82, 2.24) is 4.90 Å². The Kier molecular flexibility index (Phi) is 5.07. The van der Waals surface area contributed by atoms with Crippen LogP contribution in [0.3, 0.4) is 0 Å². The molecule has 0 radical (unpaired) electrons. The first-order valence-electron chi connectivity index (χ1n) is 6.04. The molecule has 2 aromatic rings. The largest absolute Gasteiger partial charge is 0.492 e. The van der Waals surface area contributed by atoms with Crippen LogP contribution in [0.25, 0.3) is 0 Å². The van der Waals surface area contributed by atoms with Gasteiger partial charge in [-0.1, -0.05) is 11.6 Å². The van der Waals surface area contributed by atoms with Gasteiger partial charge in [0.2, 0.25) is 0 Å². The van der Waals surface area contributed by atoms with Crippen LogP contribution in [-0.2, 0) is 6.54 Å². The predicted molar refractivity (Wildman–Crippen MR) is 82.0 cm³/mol. The summed E-state index contributed by atoms with van der Waals surface area (Å²) < 4.78 is 6.49. The van der Waals surface area contributed by atoms with E-state index in [1.165, 1.54) is 4.88 Å². The van der Waals surface area contributed by atoms with Gasteiger partial charge in [-0.15, -0.1) is 11.3 Å². The average Bonchev–Trinajstić information content (AvgIpc) is 2.77. The average molecular weight is 297 g/mol. The Hall–Kier alpha value is -1.23. The summed E-state index contributed by atoms with van der Waals surface area (Å²) >= 11 is 7.52. The minimum Gasteiger partial charge on any atom is -0.492 e. The van der Waals surface area contributed by atoms with Crippen LogP contribution >= 0.6 is 22.9 Å². The number of hydrogen-bond acceptors (Lipinski definition) is 4. The summed E-state index contributed by atoms with van der Waals surface area (Å²) in [6.07, 6.45) is 0. The van der Waals surface area contributed by atoms with Crippen molar-refractivity contribution < 1.29 is 4.74 Å². The lowest BCUT2D eigenvalue weighted by Gasteiger charge is -2.16. The second-order valence-electron chi connectivity index (χ2n) is 4.36. The highest BCUT2D eigenvalue weighted by atomic mass is 35.5. The van der Waals surface area contributed by atoms with Crippen LogP contribution in [-0.4, -0.2) is 25.1 Å². The topological polar surface area (TPSA) is 38.5 Å². The minimum atomic E-state index is 0.652. The highest BCUT2D eigenvalue weighted by Gasteiger charge is 2.03. The lowest BCUT2D eigenvalue weighted by molar-refractivity contribution is 0.234. The van der Waals surface area contributed by atoms with Crippen molar-refractivity contribution >= 4 is 28.6 Å². The summed E-state index contributed by atoms with van der Waals surface area (Å²) in [6, 6.07) is 11.4. The second-order valence-corrected chi connectivity index (χ2v) is 6.16. The highest BCUT2D eigenvalue weighted by Crippen LogP contribution is 2.22. The van der Waals surface area contributed by atoms with Crippen molar-refractivity contribution in [1.29, 1.82) is 0 Å². The maximum Gasteiger partial charge on any atom is 0.119 e. The third-order valence-corrected chi connectivity index (χ3v) is 3.89. The number of anilines is 1. The lowest BCUT2D eigenvalue weighted by atomic mass is 10.3. The number of likely N-dealkylation sites (N-methyl/N-ethyl adjacent to an activating group) is 1. The number of nitrogen functional groups attached to an aromatic ring is 1. The monoisotopic (exact) mass is 296 g/mol. The molecule has 0 saturated heterocycles. The smallest absolute Gasteiger partial charge is 0.119 e. The maximum absolute atomic E-state index is 5.91. The van der Waals surface area contributed by atoms with Crippen molar-refractivity contribution in [2.75, 3.05) is 25.9 Å². The Balaban J connectivity index is 1.71. The van der Waals surface area contributed by atoms with Gasteiger partial charge in [-0.05, 0) is 43.4 Å². The van der Waals surface area contributed by atoms with Gasteiger partial charge in [0.05, 0.1) is 4.34 Å². The Labute approximate surface area is 122 Å². The van der Waals surface area contributed by atoms with Crippen molar-refractivity contribution in [3.63, 3.8) is 0 Å². The molecule has 0 saturated carbocycles. The first-order chi connectivity index (χ1) is 9.13. The zero-order valence-electron chi connectivity index (χ0n) is 10.8. The normalized spacial score (nSPS) is 10.9. The van der Waals surface area contributed by atoms with Crippen molar-refractivity contribution in [3.05, 3.63) is 45.6 Å². The summed E-state index contributed by atoms with van der Waals surface area (Å²) in [4.78, 5) is 3.47. The fraction of sp³-hybridized carbons (Fsp3) is 0.286. The van der Waals surface area contributed by atoms with E-state index >= 15 is 0 Å². The molecule has 102 valence electrons. The molecular formula is C14H17ClN2OS. The van der Waals surface area contributed by atoms with Gasteiger partial charge in [0.1, 0.15) is 12.4 Å². The van der Waals surface area contributed by atoms with E-state index in [0.29, 0.717) is 6.61 Å². The molecule has 1 heterocycles. The quantitative estimate of drug-likeness (QED) is 0.829. The van der Waals surface area contributed by atoms with Gasteiger partial charge in [-0.3, -0.25) is 4.90 Å². The molecule has 3 nitrogen and oxygen atoms in total. The van der Waals surface area contributed by atoms with Gasteiger partial charge in [0.25, 0.3) is 0 Å². The van der Waals surface area contributed by atoms with Crippen molar-refractivity contribution in [2.24, 2.45) is 0 Å². The molecule has 0 aliphatic rings. The van der Waals surface area contributed by atoms with E-state index in [4.69, 9.17) is 22.1 Å². The number of halogens is 1. The Morgan fingerprint density at radius 3 is 2.58 bits per heavy atom. The van der Waals surface area contributed by atoms with E-state index in [0.717, 1.165) is 28.9 Å². The van der Waals surface area contributed by atoms with Crippen LogP contribution < -0.4 is 10.5 Å². The van der Waals surface area contributed by atoms with Gasteiger partial charge in [0.15, 0.2) is 0 Å². The molecule has 19 heavy (non-hydrogen) atoms. The standard InChI is InChI=1S/C14H17ClN2OS/c1-17(10-13-6-7-14(15)19-13)8-9-18-12-4-2-11(16)3-5-12/h2-7H,8-10,16H2,1H3. The third-order valence-electron chi connectivity index (χ3n) is 2.68. The van der Waals surface area contributed by atoms with E-state index in [9.17, 15) is 0 Å². The Morgan fingerprint density at radius 1 is 1.21 bits per heavy atom. The van der Waals surface area contributed by atoms with Crippen LogP contribution in [0.2, 0.25) is 4.34 Å². The van der Waals surface area contributed by atoms with Crippen LogP contribution in [0.15, 0.2) is 36.4 Å². The van der Waals surface area contributed by atoms with Gasteiger partial charge < -0.3 is 10.5 Å². The first-order valence-corrected chi connectivity index (χ1v) is 7.24. The molecule has 0 fully saturated rings. The van der Waals surface area contributed by atoms with E-state index in [1.807, 2.05) is 30.3 Å². The molecule has 1 aromatic carbocycles. The maximum atomic E-state index is 5.91. The van der Waals surface area contributed by atoms with E-state index in [2.05, 4.69) is 18.0 Å². The molecule has 0 aliphatic carbocycles. The highest BCUT2D eigenvalue weighted by molar-refractivity contribution is 7.16.